The molecule has 0 atom stereocenters. The number of carbonyl (C=O) groups excluding carboxylic acids is 1. The molecule has 1 aliphatic heterocycles. The standard InChI is InChI=1S/C18H13ClF3NO5S/c1-7-8(5-12(24)25)14-10(23-7)6-9(19)17(27-2)15(14)16(26)11-3-4-13(29-11)28-18(20,21)22/h3-4H,5-6H2,1-2H3,(H,24,25). The molecular formula is C18H13ClF3NO5S. The molecule has 29 heavy (non-hydrogen) atoms. The van der Waals surface area contributed by atoms with E-state index in [1.54, 1.807) is 6.92 Å². The number of ether oxygens (including phenoxy) is 2. The number of carboxylic acids is 1. The third-order valence-electron chi connectivity index (χ3n) is 4.16. The molecule has 0 amide bonds. The number of carbonyl (C=O) groups is 2. The van der Waals surface area contributed by atoms with Crippen molar-refractivity contribution in [2.45, 2.75) is 26.1 Å². The van der Waals surface area contributed by atoms with Crippen LogP contribution in [0.5, 0.6) is 5.06 Å². The highest BCUT2D eigenvalue weighted by Crippen LogP contribution is 2.43. The van der Waals surface area contributed by atoms with E-state index in [1.165, 1.54) is 13.2 Å². The van der Waals surface area contributed by atoms with E-state index in [-0.39, 0.29) is 34.1 Å². The first kappa shape index (κ1) is 21.1. The number of hydrogen-bond donors (Lipinski definition) is 1. The van der Waals surface area contributed by atoms with Gasteiger partial charge in [0.05, 0.1) is 34.7 Å². The van der Waals surface area contributed by atoms with Crippen LogP contribution in [0.4, 0.5) is 13.2 Å². The SMILES string of the molecule is COC1=C(Cl)CC2=NC(C)=C(CC(=O)O)C2=C1C(=O)c1ccc(OC(F)(F)F)s1. The van der Waals surface area contributed by atoms with Crippen molar-refractivity contribution in [2.24, 2.45) is 4.99 Å². The first-order chi connectivity index (χ1) is 13.5. The van der Waals surface area contributed by atoms with E-state index in [0.29, 0.717) is 33.9 Å². The van der Waals surface area contributed by atoms with Crippen LogP contribution in [0.2, 0.25) is 0 Å². The fraction of sp³-hybridized carbons (Fsp3) is 0.278. The lowest BCUT2D eigenvalue weighted by atomic mass is 9.86. The Morgan fingerprint density at radius 2 is 2.03 bits per heavy atom. The van der Waals surface area contributed by atoms with Crippen LogP contribution in [-0.4, -0.2) is 36.0 Å². The molecule has 0 aromatic carbocycles. The van der Waals surface area contributed by atoms with E-state index in [9.17, 15) is 27.9 Å². The number of thiophene rings is 1. The van der Waals surface area contributed by atoms with Crippen molar-refractivity contribution < 1.29 is 37.3 Å². The molecule has 3 rings (SSSR count). The van der Waals surface area contributed by atoms with Crippen LogP contribution in [-0.2, 0) is 9.53 Å². The molecule has 0 unspecified atom stereocenters. The van der Waals surface area contributed by atoms with E-state index < -0.39 is 23.2 Å². The molecule has 0 bridgehead atoms. The second kappa shape index (κ2) is 7.68. The monoisotopic (exact) mass is 447 g/mol. The smallest absolute Gasteiger partial charge is 0.495 e. The summed E-state index contributed by atoms with van der Waals surface area (Å²) in [7, 11) is 1.29. The third kappa shape index (κ3) is 4.23. The second-order valence-electron chi connectivity index (χ2n) is 6.05. The number of methoxy groups -OCH3 is 1. The number of aliphatic imine (C=N–C) groups is 1. The van der Waals surface area contributed by atoms with Crippen LogP contribution in [0.3, 0.4) is 0 Å². The fourth-order valence-electron chi connectivity index (χ4n) is 3.11. The molecule has 1 aromatic rings. The van der Waals surface area contributed by atoms with Crippen LogP contribution < -0.4 is 4.74 Å². The van der Waals surface area contributed by atoms with Gasteiger partial charge in [0, 0.05) is 17.7 Å². The fourth-order valence-corrected chi connectivity index (χ4v) is 4.23. The van der Waals surface area contributed by atoms with Gasteiger partial charge in [0.1, 0.15) is 5.76 Å². The van der Waals surface area contributed by atoms with E-state index in [2.05, 4.69) is 9.73 Å². The predicted molar refractivity (Wildman–Crippen MR) is 99.3 cm³/mol. The van der Waals surface area contributed by atoms with Crippen LogP contribution in [0.15, 0.2) is 50.3 Å². The van der Waals surface area contributed by atoms with E-state index in [0.717, 1.165) is 6.07 Å². The quantitative estimate of drug-likeness (QED) is 0.631. The van der Waals surface area contributed by atoms with Gasteiger partial charge >= 0.3 is 12.3 Å². The average Bonchev–Trinajstić information content (AvgIpc) is 3.16. The lowest BCUT2D eigenvalue weighted by molar-refractivity contribution is -0.273. The minimum absolute atomic E-state index is 0.0315. The zero-order valence-corrected chi connectivity index (χ0v) is 16.6. The first-order valence-electron chi connectivity index (χ1n) is 8.09. The van der Waals surface area contributed by atoms with E-state index in [1.807, 2.05) is 0 Å². The van der Waals surface area contributed by atoms with Crippen LogP contribution >= 0.6 is 22.9 Å². The Kier molecular flexibility index (Phi) is 5.59. The summed E-state index contributed by atoms with van der Waals surface area (Å²) >= 11 is 6.76. The Hall–Kier alpha value is -2.59. The van der Waals surface area contributed by atoms with Gasteiger partial charge in [-0.15, -0.1) is 13.2 Å². The number of hydrogen-bond acceptors (Lipinski definition) is 6. The highest BCUT2D eigenvalue weighted by Gasteiger charge is 2.38. The molecule has 6 nitrogen and oxygen atoms in total. The summed E-state index contributed by atoms with van der Waals surface area (Å²) in [6.07, 6.45) is -5.13. The Balaban J connectivity index is 2.12. The summed E-state index contributed by atoms with van der Waals surface area (Å²) in [5.41, 5.74) is 1.43. The molecule has 0 fully saturated rings. The summed E-state index contributed by atoms with van der Waals surface area (Å²) in [5.74, 6) is -1.75. The first-order valence-corrected chi connectivity index (χ1v) is 9.28. The molecule has 1 aliphatic carbocycles. The molecule has 0 radical (unpaired) electrons. The van der Waals surface area contributed by atoms with Crippen molar-refractivity contribution in [3.63, 3.8) is 0 Å². The Labute approximate surface area is 171 Å². The van der Waals surface area contributed by atoms with Crippen molar-refractivity contribution in [1.82, 2.24) is 0 Å². The zero-order chi connectivity index (χ0) is 21.5. The van der Waals surface area contributed by atoms with Gasteiger partial charge < -0.3 is 14.6 Å². The normalized spacial score (nSPS) is 16.8. The summed E-state index contributed by atoms with van der Waals surface area (Å²) in [6, 6.07) is 2.22. The van der Waals surface area contributed by atoms with Crippen molar-refractivity contribution >= 4 is 40.4 Å². The molecule has 2 aliphatic rings. The maximum absolute atomic E-state index is 13.2. The number of carboxylic acid groups (broad SMARTS) is 1. The highest BCUT2D eigenvalue weighted by molar-refractivity contribution is 7.16. The van der Waals surface area contributed by atoms with Gasteiger partial charge in [-0.3, -0.25) is 14.6 Å². The maximum Gasteiger partial charge on any atom is 0.573 e. The van der Waals surface area contributed by atoms with Gasteiger partial charge in [-0.05, 0) is 24.6 Å². The summed E-state index contributed by atoms with van der Waals surface area (Å²) in [6.45, 7) is 1.61. The lowest BCUT2D eigenvalue weighted by Crippen LogP contribution is -2.20. The molecule has 1 N–H and O–H groups in total. The molecule has 2 heterocycles. The highest BCUT2D eigenvalue weighted by atomic mass is 35.5. The van der Waals surface area contributed by atoms with Gasteiger partial charge in [-0.2, -0.15) is 0 Å². The number of rotatable bonds is 6. The number of halogens is 4. The summed E-state index contributed by atoms with van der Waals surface area (Å²) < 4.78 is 46.4. The van der Waals surface area contributed by atoms with Crippen molar-refractivity contribution in [1.29, 1.82) is 0 Å². The second-order valence-corrected chi connectivity index (χ2v) is 7.56. The average molecular weight is 448 g/mol. The minimum atomic E-state index is -4.89. The van der Waals surface area contributed by atoms with Crippen molar-refractivity contribution in [3.8, 4) is 5.06 Å². The number of aliphatic carboxylic acids is 1. The molecule has 1 aromatic heterocycles. The van der Waals surface area contributed by atoms with Gasteiger partial charge in [0.2, 0.25) is 5.78 Å². The van der Waals surface area contributed by atoms with E-state index >= 15 is 0 Å². The Bertz CT molecular complexity index is 1030. The summed E-state index contributed by atoms with van der Waals surface area (Å²) in [4.78, 5) is 28.8. The minimum Gasteiger partial charge on any atom is -0.495 e. The zero-order valence-electron chi connectivity index (χ0n) is 15.0. The molecule has 11 heteroatoms. The maximum atomic E-state index is 13.2. The van der Waals surface area contributed by atoms with E-state index in [4.69, 9.17) is 16.3 Å². The Morgan fingerprint density at radius 1 is 1.34 bits per heavy atom. The molecule has 0 spiro atoms. The third-order valence-corrected chi connectivity index (χ3v) is 5.42. The number of Topliss-reactive ketones (excluding diaryl/α,β-unsaturated/α-hetero) is 1. The topological polar surface area (TPSA) is 85.2 Å². The van der Waals surface area contributed by atoms with Crippen molar-refractivity contribution in [3.05, 3.63) is 50.2 Å². The Morgan fingerprint density at radius 3 is 2.62 bits per heavy atom. The summed E-state index contributed by atoms with van der Waals surface area (Å²) in [5, 5.41) is 8.91. The molecule has 0 saturated carbocycles. The van der Waals surface area contributed by atoms with Crippen LogP contribution in [0.25, 0.3) is 0 Å². The molecule has 154 valence electrons. The largest absolute Gasteiger partial charge is 0.573 e. The number of ketones is 1. The predicted octanol–water partition coefficient (Wildman–Crippen LogP) is 4.83. The molecule has 0 saturated heterocycles. The van der Waals surface area contributed by atoms with Gasteiger partial charge in [-0.1, -0.05) is 22.9 Å². The molecular weight excluding hydrogens is 435 g/mol. The number of nitrogens with zero attached hydrogens (tertiary/aromatic N) is 1. The van der Waals surface area contributed by atoms with Crippen LogP contribution in [0.1, 0.15) is 29.4 Å². The van der Waals surface area contributed by atoms with Gasteiger partial charge in [0.15, 0.2) is 5.06 Å². The number of allylic oxidation sites excluding steroid dienone is 4. The van der Waals surface area contributed by atoms with Gasteiger partial charge in [-0.25, -0.2) is 0 Å². The van der Waals surface area contributed by atoms with Crippen molar-refractivity contribution in [2.75, 3.05) is 7.11 Å². The number of fused-ring (bicyclic) bond motifs is 1. The van der Waals surface area contributed by atoms with Gasteiger partial charge in [0.25, 0.3) is 0 Å². The lowest BCUT2D eigenvalue weighted by Gasteiger charge is -2.22. The number of alkyl halides is 3. The van der Waals surface area contributed by atoms with Crippen LogP contribution in [0, 0.1) is 0 Å².